The number of hydrogen-bond acceptors (Lipinski definition) is 2. The monoisotopic (exact) mass is 407 g/mol. The fourth-order valence-electron chi connectivity index (χ4n) is 3.63. The Kier molecular flexibility index (Phi) is 6.30. The molecule has 150 valence electrons. The fraction of sp³-hybridized carbons (Fsp3) is 0.619. The van der Waals surface area contributed by atoms with E-state index >= 15 is 0 Å². The SMILES string of the molecule is Cc1cc(C)c(-n2c[n+]3c(n2)CC[C@@H]3CO[Si](C)(C)C(C)(C)C)c(C)c1.[Cl-]. The van der Waals surface area contributed by atoms with Gasteiger partial charge in [0.1, 0.15) is 11.7 Å². The molecule has 1 aliphatic rings. The quantitative estimate of drug-likeness (QED) is 0.569. The van der Waals surface area contributed by atoms with E-state index < -0.39 is 8.32 Å². The van der Waals surface area contributed by atoms with Gasteiger partial charge in [0.25, 0.3) is 5.82 Å². The summed E-state index contributed by atoms with van der Waals surface area (Å²) in [6.45, 7) is 18.8. The molecule has 6 heteroatoms. The van der Waals surface area contributed by atoms with E-state index in [9.17, 15) is 0 Å². The molecule has 0 saturated carbocycles. The largest absolute Gasteiger partial charge is 1.00 e. The number of benzene rings is 1. The van der Waals surface area contributed by atoms with E-state index in [2.05, 4.69) is 82.3 Å². The molecule has 0 fully saturated rings. The second-order valence-electron chi connectivity index (χ2n) is 9.39. The number of halogens is 1. The number of fused-ring (bicyclic) bond motifs is 1. The van der Waals surface area contributed by atoms with Crippen molar-refractivity contribution in [2.24, 2.45) is 0 Å². The molecule has 4 nitrogen and oxygen atoms in total. The van der Waals surface area contributed by atoms with Crippen LogP contribution in [0.25, 0.3) is 5.69 Å². The smallest absolute Gasteiger partial charge is 0.278 e. The molecular formula is C21H34ClN3OSi. The van der Waals surface area contributed by atoms with Gasteiger partial charge in [-0.3, -0.25) is 0 Å². The Balaban J connectivity index is 0.00000261. The van der Waals surface area contributed by atoms with Gasteiger partial charge in [-0.2, -0.15) is 0 Å². The van der Waals surface area contributed by atoms with E-state index in [0.717, 1.165) is 19.4 Å². The number of rotatable bonds is 4. The molecule has 1 aromatic carbocycles. The minimum absolute atomic E-state index is 0. The van der Waals surface area contributed by atoms with Crippen LogP contribution < -0.4 is 17.0 Å². The third kappa shape index (κ3) is 4.30. The zero-order valence-corrected chi connectivity index (χ0v) is 19.8. The lowest BCUT2D eigenvalue weighted by Gasteiger charge is -2.36. The maximum atomic E-state index is 6.49. The lowest BCUT2D eigenvalue weighted by molar-refractivity contribution is -0.718. The summed E-state index contributed by atoms with van der Waals surface area (Å²) in [7, 11) is -1.72. The summed E-state index contributed by atoms with van der Waals surface area (Å²) in [5, 5.41) is 5.14. The molecule has 3 rings (SSSR count). The molecule has 1 aromatic heterocycles. The summed E-state index contributed by atoms with van der Waals surface area (Å²) in [5.74, 6) is 1.17. The number of hydrogen-bond donors (Lipinski definition) is 0. The van der Waals surface area contributed by atoms with Gasteiger partial charge in [0.15, 0.2) is 8.32 Å². The summed E-state index contributed by atoms with van der Waals surface area (Å²) < 4.78 is 10.9. The van der Waals surface area contributed by atoms with Crippen LogP contribution in [-0.4, -0.2) is 24.7 Å². The van der Waals surface area contributed by atoms with Crippen LogP contribution in [0.2, 0.25) is 18.1 Å². The molecular weight excluding hydrogens is 374 g/mol. The van der Waals surface area contributed by atoms with Crippen LogP contribution in [0.1, 0.15) is 55.7 Å². The number of aryl methyl sites for hydroxylation is 4. The highest BCUT2D eigenvalue weighted by Crippen LogP contribution is 2.37. The minimum Gasteiger partial charge on any atom is -1.00 e. The minimum atomic E-state index is -1.72. The molecule has 0 aliphatic carbocycles. The van der Waals surface area contributed by atoms with E-state index in [-0.39, 0.29) is 17.4 Å². The summed E-state index contributed by atoms with van der Waals surface area (Å²) in [6, 6.07) is 4.87. The molecule has 0 bridgehead atoms. The van der Waals surface area contributed by atoms with Crippen molar-refractivity contribution in [3.63, 3.8) is 0 Å². The standard InChI is InChI=1S/C21H34N3OSi.ClH/c1-15-11-16(2)20(17(3)12-15)24-14-23-18(9-10-19(23)22-24)13-25-26(7,8)21(4,5)6;/h11-12,14,18H,9-10,13H2,1-8H3;1H/q+1;/p-1/t18-;/m1./s1. The Bertz CT molecular complexity index is 800. The summed E-state index contributed by atoms with van der Waals surface area (Å²) in [4.78, 5) is 0. The van der Waals surface area contributed by atoms with Gasteiger partial charge >= 0.3 is 0 Å². The average Bonchev–Trinajstić information content (AvgIpc) is 3.03. The molecule has 2 heterocycles. The Labute approximate surface area is 171 Å². The van der Waals surface area contributed by atoms with Crippen LogP contribution in [0.4, 0.5) is 0 Å². The first-order valence-corrected chi connectivity index (χ1v) is 12.6. The van der Waals surface area contributed by atoms with Gasteiger partial charge in [-0.25, -0.2) is 4.57 Å². The Hall–Kier alpha value is -1.17. The predicted molar refractivity (Wildman–Crippen MR) is 108 cm³/mol. The first kappa shape index (κ1) is 22.1. The Morgan fingerprint density at radius 1 is 1.19 bits per heavy atom. The van der Waals surface area contributed by atoms with Crippen LogP contribution in [0, 0.1) is 20.8 Å². The van der Waals surface area contributed by atoms with Crippen molar-refractivity contribution in [2.75, 3.05) is 6.61 Å². The van der Waals surface area contributed by atoms with Gasteiger partial charge in [0, 0.05) is 11.5 Å². The molecule has 0 spiro atoms. The van der Waals surface area contributed by atoms with Gasteiger partial charge in [-0.1, -0.05) is 43.1 Å². The van der Waals surface area contributed by atoms with Gasteiger partial charge in [-0.15, -0.1) is 0 Å². The van der Waals surface area contributed by atoms with Crippen LogP contribution in [0.5, 0.6) is 0 Å². The second-order valence-corrected chi connectivity index (χ2v) is 14.2. The maximum absolute atomic E-state index is 6.49. The van der Waals surface area contributed by atoms with Crippen LogP contribution in [0.3, 0.4) is 0 Å². The third-order valence-corrected chi connectivity index (χ3v) is 10.7. The highest BCUT2D eigenvalue weighted by atomic mass is 35.5. The number of nitrogens with zero attached hydrogens (tertiary/aromatic N) is 3. The van der Waals surface area contributed by atoms with Crippen LogP contribution in [-0.2, 0) is 10.8 Å². The van der Waals surface area contributed by atoms with Gasteiger partial charge in [0.05, 0.1) is 6.61 Å². The van der Waals surface area contributed by atoms with Crippen molar-refractivity contribution in [3.8, 4) is 5.69 Å². The normalized spacial score (nSPS) is 17.0. The lowest BCUT2D eigenvalue weighted by Crippen LogP contribution is -3.00. The molecule has 0 amide bonds. The Morgan fingerprint density at radius 3 is 2.33 bits per heavy atom. The van der Waals surface area contributed by atoms with Crippen molar-refractivity contribution in [1.82, 2.24) is 9.78 Å². The van der Waals surface area contributed by atoms with E-state index in [1.165, 1.54) is 28.2 Å². The predicted octanol–water partition coefficient (Wildman–Crippen LogP) is 1.60. The van der Waals surface area contributed by atoms with E-state index in [1.807, 2.05) is 0 Å². The van der Waals surface area contributed by atoms with Gasteiger partial charge < -0.3 is 16.8 Å². The zero-order valence-electron chi connectivity index (χ0n) is 18.1. The Morgan fingerprint density at radius 2 is 1.78 bits per heavy atom. The molecule has 0 unspecified atom stereocenters. The van der Waals surface area contributed by atoms with Crippen molar-refractivity contribution in [3.05, 3.63) is 41.0 Å². The summed E-state index contributed by atoms with van der Waals surface area (Å²) >= 11 is 0. The zero-order chi connectivity index (χ0) is 19.3. The molecule has 0 N–H and O–H groups in total. The molecule has 1 atom stereocenters. The van der Waals surface area contributed by atoms with E-state index in [1.54, 1.807) is 0 Å². The van der Waals surface area contributed by atoms with Crippen molar-refractivity contribution < 1.29 is 21.4 Å². The van der Waals surface area contributed by atoms with Gasteiger partial charge in [-0.05, 0) is 56.5 Å². The molecule has 0 radical (unpaired) electrons. The molecule has 1 aliphatic heterocycles. The first-order chi connectivity index (χ1) is 12.0. The molecule has 0 saturated heterocycles. The van der Waals surface area contributed by atoms with Crippen LogP contribution in [0.15, 0.2) is 18.5 Å². The van der Waals surface area contributed by atoms with Crippen molar-refractivity contribution in [2.45, 2.75) is 78.6 Å². The summed E-state index contributed by atoms with van der Waals surface area (Å²) in [6.07, 6.45) is 4.33. The summed E-state index contributed by atoms with van der Waals surface area (Å²) in [5.41, 5.74) is 5.06. The highest BCUT2D eigenvalue weighted by molar-refractivity contribution is 6.74. The van der Waals surface area contributed by atoms with Crippen molar-refractivity contribution in [1.29, 1.82) is 0 Å². The number of aromatic nitrogens is 3. The van der Waals surface area contributed by atoms with E-state index in [0.29, 0.717) is 6.04 Å². The van der Waals surface area contributed by atoms with Crippen LogP contribution >= 0.6 is 0 Å². The first-order valence-electron chi connectivity index (χ1n) is 9.71. The molecule has 2 aromatic rings. The highest BCUT2D eigenvalue weighted by Gasteiger charge is 2.39. The maximum Gasteiger partial charge on any atom is 0.278 e. The average molecular weight is 408 g/mol. The molecule has 27 heavy (non-hydrogen) atoms. The second kappa shape index (κ2) is 7.68. The topological polar surface area (TPSA) is 30.9 Å². The van der Waals surface area contributed by atoms with Crippen molar-refractivity contribution >= 4 is 8.32 Å². The third-order valence-electron chi connectivity index (χ3n) is 6.16. The van der Waals surface area contributed by atoms with Gasteiger partial charge in [0.2, 0.25) is 6.33 Å². The van der Waals surface area contributed by atoms with E-state index in [4.69, 9.17) is 9.52 Å². The fourth-order valence-corrected chi connectivity index (χ4v) is 4.67. The lowest BCUT2D eigenvalue weighted by atomic mass is 10.1.